The first kappa shape index (κ1) is 11.7. The number of amides is 1. The van der Waals surface area contributed by atoms with Crippen LogP contribution in [0.3, 0.4) is 0 Å². The number of carbonyl (C=O) groups excluding carboxylic acids is 1. The van der Waals surface area contributed by atoms with Gasteiger partial charge in [-0.3, -0.25) is 10.2 Å². The quantitative estimate of drug-likeness (QED) is 0.509. The van der Waals surface area contributed by atoms with Gasteiger partial charge >= 0.3 is 0 Å². The summed E-state index contributed by atoms with van der Waals surface area (Å²) in [6, 6.07) is 5.34. The molecule has 1 fully saturated rings. The fourth-order valence-electron chi connectivity index (χ4n) is 1.89. The first-order valence-corrected chi connectivity index (χ1v) is 6.60. The van der Waals surface area contributed by atoms with Crippen molar-refractivity contribution >= 4 is 57.3 Å². The molecule has 1 aromatic rings. The molecule has 0 atom stereocenters. The Morgan fingerprint density at radius 1 is 1.33 bits per heavy atom. The van der Waals surface area contributed by atoms with Gasteiger partial charge in [-0.25, -0.2) is 0 Å². The summed E-state index contributed by atoms with van der Waals surface area (Å²) in [5.41, 5.74) is 2.08. The van der Waals surface area contributed by atoms with Crippen LogP contribution >= 0.6 is 35.6 Å². The molecule has 3 rings (SSSR count). The first-order valence-electron chi connectivity index (χ1n) is 5.00. The maximum absolute atomic E-state index is 11.3. The fourth-order valence-corrected chi connectivity index (χ4v) is 3.28. The zero-order valence-electron chi connectivity index (χ0n) is 8.83. The number of halogens is 1. The minimum absolute atomic E-state index is 0.212. The predicted molar refractivity (Wildman–Crippen MR) is 77.1 cm³/mol. The van der Waals surface area contributed by atoms with Crippen LogP contribution in [-0.2, 0) is 0 Å². The predicted octanol–water partition coefficient (Wildman–Crippen LogP) is 2.72. The van der Waals surface area contributed by atoms with Crippen LogP contribution in [0.2, 0.25) is 5.02 Å². The average molecular weight is 296 g/mol. The number of nitrogens with one attached hydrogen (secondary N) is 3. The summed E-state index contributed by atoms with van der Waals surface area (Å²) in [5, 5.41) is 13.7. The Labute approximate surface area is 117 Å². The fraction of sp³-hybridized carbons (Fsp3) is 0. The summed E-state index contributed by atoms with van der Waals surface area (Å²) >= 11 is 12.3. The van der Waals surface area contributed by atoms with E-state index < -0.39 is 0 Å². The number of fused-ring (bicyclic) bond motifs is 1. The molecule has 7 heteroatoms. The molecule has 90 valence electrons. The van der Waals surface area contributed by atoms with Crippen LogP contribution in [0.5, 0.6) is 0 Å². The van der Waals surface area contributed by atoms with Crippen LogP contribution in [-0.4, -0.2) is 16.1 Å². The van der Waals surface area contributed by atoms with E-state index in [0.29, 0.717) is 26.2 Å². The summed E-state index contributed by atoms with van der Waals surface area (Å²) in [5.74, 6) is 0.262. The van der Waals surface area contributed by atoms with Gasteiger partial charge in [0.15, 0.2) is 0 Å². The molecule has 4 nitrogen and oxygen atoms in total. The Morgan fingerprint density at radius 3 is 2.78 bits per heavy atom. The number of thioether (sulfide) groups is 1. The van der Waals surface area contributed by atoms with Gasteiger partial charge in [0.2, 0.25) is 0 Å². The van der Waals surface area contributed by atoms with Crippen molar-refractivity contribution in [3.8, 4) is 0 Å². The van der Waals surface area contributed by atoms with Crippen LogP contribution in [0.25, 0.3) is 5.70 Å². The monoisotopic (exact) mass is 295 g/mol. The number of carbonyl (C=O) groups is 1. The van der Waals surface area contributed by atoms with Crippen molar-refractivity contribution in [3.63, 3.8) is 0 Å². The summed E-state index contributed by atoms with van der Waals surface area (Å²) < 4.78 is 0. The first-order chi connectivity index (χ1) is 8.58. The van der Waals surface area contributed by atoms with Crippen molar-refractivity contribution in [2.24, 2.45) is 0 Å². The molecule has 0 aromatic heterocycles. The summed E-state index contributed by atoms with van der Waals surface area (Å²) in [6.45, 7) is 0. The highest BCUT2D eigenvalue weighted by molar-refractivity contribution is 8.19. The molecule has 1 saturated heterocycles. The van der Waals surface area contributed by atoms with E-state index in [0.717, 1.165) is 17.3 Å². The second-order valence-electron chi connectivity index (χ2n) is 3.71. The van der Waals surface area contributed by atoms with Gasteiger partial charge in [-0.1, -0.05) is 36.0 Å². The molecule has 2 aliphatic heterocycles. The molecule has 0 aliphatic carbocycles. The van der Waals surface area contributed by atoms with Gasteiger partial charge < -0.3 is 10.6 Å². The summed E-state index contributed by atoms with van der Waals surface area (Å²) in [7, 11) is 0. The number of benzene rings is 1. The zero-order chi connectivity index (χ0) is 12.9. The molecular formula is C11H6ClN3OS2. The third-order valence-electron chi connectivity index (χ3n) is 2.63. The van der Waals surface area contributed by atoms with Crippen molar-refractivity contribution < 1.29 is 4.79 Å². The molecule has 0 unspecified atom stereocenters. The van der Waals surface area contributed by atoms with Gasteiger partial charge in [0.1, 0.15) is 10.8 Å². The molecule has 18 heavy (non-hydrogen) atoms. The minimum Gasteiger partial charge on any atom is -0.339 e. The maximum atomic E-state index is 11.3. The van der Waals surface area contributed by atoms with Crippen LogP contribution in [0.15, 0.2) is 23.1 Å². The Hall–Kier alpha value is -1.37. The van der Waals surface area contributed by atoms with Crippen LogP contribution < -0.4 is 10.6 Å². The largest absolute Gasteiger partial charge is 0.339 e. The maximum Gasteiger partial charge on any atom is 0.289 e. The van der Waals surface area contributed by atoms with Crippen LogP contribution in [0.4, 0.5) is 4.79 Å². The molecular weight excluding hydrogens is 290 g/mol. The third-order valence-corrected chi connectivity index (χ3v) is 4.28. The van der Waals surface area contributed by atoms with Gasteiger partial charge in [0.05, 0.1) is 15.6 Å². The molecule has 2 aliphatic rings. The van der Waals surface area contributed by atoms with E-state index >= 15 is 0 Å². The van der Waals surface area contributed by atoms with E-state index in [1.807, 2.05) is 6.07 Å². The van der Waals surface area contributed by atoms with Crippen molar-refractivity contribution in [3.05, 3.63) is 39.3 Å². The molecule has 2 heterocycles. The van der Waals surface area contributed by atoms with E-state index in [1.54, 1.807) is 12.1 Å². The van der Waals surface area contributed by atoms with Crippen molar-refractivity contribution in [2.45, 2.75) is 0 Å². The van der Waals surface area contributed by atoms with Gasteiger partial charge in [-0.2, -0.15) is 0 Å². The Balaban J connectivity index is 2.25. The minimum atomic E-state index is -0.212. The molecule has 0 spiro atoms. The van der Waals surface area contributed by atoms with E-state index in [-0.39, 0.29) is 11.1 Å². The number of thiocarbonyl (C=S) groups is 1. The summed E-state index contributed by atoms with van der Waals surface area (Å²) in [4.78, 5) is 12.3. The number of rotatable bonds is 0. The Morgan fingerprint density at radius 2 is 2.11 bits per heavy atom. The highest BCUT2D eigenvalue weighted by Crippen LogP contribution is 2.38. The highest BCUT2D eigenvalue weighted by atomic mass is 35.5. The smallest absolute Gasteiger partial charge is 0.289 e. The van der Waals surface area contributed by atoms with Crippen molar-refractivity contribution in [2.75, 3.05) is 0 Å². The highest BCUT2D eigenvalue weighted by Gasteiger charge is 2.32. The van der Waals surface area contributed by atoms with Gasteiger partial charge in [-0.05, 0) is 17.8 Å². The number of amidine groups is 1. The number of hydrogen-bond acceptors (Lipinski definition) is 4. The van der Waals surface area contributed by atoms with E-state index in [9.17, 15) is 4.79 Å². The Bertz CT molecular complexity index is 654. The van der Waals surface area contributed by atoms with Crippen LogP contribution in [0.1, 0.15) is 11.1 Å². The van der Waals surface area contributed by atoms with Crippen molar-refractivity contribution in [1.29, 1.82) is 5.41 Å². The lowest BCUT2D eigenvalue weighted by Crippen LogP contribution is -2.18. The van der Waals surface area contributed by atoms with Gasteiger partial charge in [0, 0.05) is 11.1 Å². The lowest BCUT2D eigenvalue weighted by atomic mass is 10.1. The average Bonchev–Trinajstić information content (AvgIpc) is 2.81. The van der Waals surface area contributed by atoms with E-state index in [1.165, 1.54) is 0 Å². The lowest BCUT2D eigenvalue weighted by molar-refractivity contribution is 0.265. The second kappa shape index (κ2) is 4.08. The molecule has 0 bridgehead atoms. The van der Waals surface area contributed by atoms with Gasteiger partial charge in [-0.15, -0.1) is 0 Å². The van der Waals surface area contributed by atoms with Crippen LogP contribution in [0, 0.1) is 5.41 Å². The standard InChI is InChI=1S/C11H6ClN3OS2/c12-5-3-1-2-4-6(5)7(14-9(4)13)8-10(17)15-11(16)18-8/h1-3H,(H2,13,14)(H,15,16,17)/b8-7+. The molecule has 1 amide bonds. The SMILES string of the molecule is N=C1N/C(=C2/SC(=O)NC2=S)c2c(Cl)cccc21. The molecule has 0 saturated carbocycles. The van der Waals surface area contributed by atoms with Gasteiger partial charge in [0.25, 0.3) is 5.24 Å². The van der Waals surface area contributed by atoms with E-state index in [2.05, 4.69) is 10.6 Å². The third kappa shape index (κ3) is 1.65. The number of hydrogen-bond donors (Lipinski definition) is 3. The molecule has 1 aromatic carbocycles. The molecule has 0 radical (unpaired) electrons. The molecule has 3 N–H and O–H groups in total. The summed E-state index contributed by atoms with van der Waals surface area (Å²) in [6.07, 6.45) is 0. The van der Waals surface area contributed by atoms with Crippen molar-refractivity contribution in [1.82, 2.24) is 10.6 Å². The normalized spacial score (nSPS) is 21.9. The Kier molecular flexibility index (Phi) is 2.65. The zero-order valence-corrected chi connectivity index (χ0v) is 11.2. The van der Waals surface area contributed by atoms with E-state index in [4.69, 9.17) is 29.2 Å². The topological polar surface area (TPSA) is 65.0 Å². The lowest BCUT2D eigenvalue weighted by Gasteiger charge is -2.05. The second-order valence-corrected chi connectivity index (χ2v) is 5.51.